The summed E-state index contributed by atoms with van der Waals surface area (Å²) in [6, 6.07) is 0.604. The normalized spacial score (nSPS) is 20.7. The zero-order valence-electron chi connectivity index (χ0n) is 9.78. The van der Waals surface area contributed by atoms with Crippen LogP contribution in [0.25, 0.3) is 0 Å². The summed E-state index contributed by atoms with van der Waals surface area (Å²) in [5.74, 6) is 3.50. The molecule has 2 heterocycles. The molecular weight excluding hydrogens is 218 g/mol. The number of imidazole rings is 1. The van der Waals surface area contributed by atoms with E-state index in [1.165, 1.54) is 24.3 Å². The van der Waals surface area contributed by atoms with E-state index >= 15 is 0 Å². The summed E-state index contributed by atoms with van der Waals surface area (Å²) in [4.78, 5) is 4.52. The van der Waals surface area contributed by atoms with Crippen LogP contribution >= 0.6 is 11.8 Å². The predicted octanol–water partition coefficient (Wildman–Crippen LogP) is 2.86. The van der Waals surface area contributed by atoms with E-state index < -0.39 is 0 Å². The largest absolute Gasteiger partial charge is 0.352 e. The zero-order valence-corrected chi connectivity index (χ0v) is 10.6. The van der Waals surface area contributed by atoms with Gasteiger partial charge in [-0.2, -0.15) is 11.8 Å². The lowest BCUT2D eigenvalue weighted by atomic mass is 10.2. The Morgan fingerprint density at radius 1 is 1.75 bits per heavy atom. The van der Waals surface area contributed by atoms with Gasteiger partial charge in [0.2, 0.25) is 5.95 Å². The van der Waals surface area contributed by atoms with E-state index in [4.69, 9.17) is 0 Å². The van der Waals surface area contributed by atoms with Crippen molar-refractivity contribution in [2.75, 3.05) is 23.4 Å². The first kappa shape index (κ1) is 11.6. The van der Waals surface area contributed by atoms with Gasteiger partial charge in [0.15, 0.2) is 0 Å². The summed E-state index contributed by atoms with van der Waals surface area (Å²) in [6.45, 7) is 6.54. The van der Waals surface area contributed by atoms with Crippen LogP contribution in [-0.2, 0) is 0 Å². The first-order chi connectivity index (χ1) is 7.81. The number of nitrogens with one attached hydrogen (secondary N) is 1. The summed E-state index contributed by atoms with van der Waals surface area (Å²) in [6.07, 6.45) is 6.60. The van der Waals surface area contributed by atoms with Gasteiger partial charge in [0.25, 0.3) is 0 Å². The SMILES string of the molecule is C=CCNc1nc(C)cn1C1CCCSC1. The van der Waals surface area contributed by atoms with Crippen LogP contribution in [0.3, 0.4) is 0 Å². The Kier molecular flexibility index (Phi) is 3.93. The smallest absolute Gasteiger partial charge is 0.203 e. The molecule has 1 N–H and O–H groups in total. The van der Waals surface area contributed by atoms with E-state index in [0.29, 0.717) is 6.04 Å². The number of hydrogen-bond acceptors (Lipinski definition) is 3. The van der Waals surface area contributed by atoms with Gasteiger partial charge in [-0.15, -0.1) is 6.58 Å². The molecule has 0 bridgehead atoms. The third-order valence-corrected chi connectivity index (χ3v) is 3.98. The predicted molar refractivity (Wildman–Crippen MR) is 71.2 cm³/mol. The summed E-state index contributed by atoms with van der Waals surface area (Å²) in [7, 11) is 0. The van der Waals surface area contributed by atoms with Gasteiger partial charge in [0, 0.05) is 24.5 Å². The fourth-order valence-corrected chi connectivity index (χ4v) is 3.17. The average Bonchev–Trinajstić information content (AvgIpc) is 2.69. The Hall–Kier alpha value is -0.900. The van der Waals surface area contributed by atoms with E-state index in [2.05, 4.69) is 27.6 Å². The van der Waals surface area contributed by atoms with E-state index in [1.807, 2.05) is 24.8 Å². The highest BCUT2D eigenvalue weighted by atomic mass is 32.2. The molecule has 1 aliphatic heterocycles. The molecule has 1 aromatic heterocycles. The second-order valence-electron chi connectivity index (χ2n) is 4.15. The third kappa shape index (κ3) is 2.61. The van der Waals surface area contributed by atoms with Gasteiger partial charge in [0.1, 0.15) is 0 Å². The van der Waals surface area contributed by atoms with Crippen LogP contribution in [0.15, 0.2) is 18.9 Å². The van der Waals surface area contributed by atoms with E-state index in [-0.39, 0.29) is 0 Å². The van der Waals surface area contributed by atoms with Crippen molar-refractivity contribution in [3.8, 4) is 0 Å². The molecule has 1 fully saturated rings. The van der Waals surface area contributed by atoms with Crippen molar-refractivity contribution >= 4 is 17.7 Å². The quantitative estimate of drug-likeness (QED) is 0.817. The third-order valence-electron chi connectivity index (χ3n) is 2.79. The molecule has 16 heavy (non-hydrogen) atoms. The van der Waals surface area contributed by atoms with E-state index in [1.54, 1.807) is 0 Å². The summed E-state index contributed by atoms with van der Waals surface area (Å²) in [5.41, 5.74) is 1.09. The Balaban J connectivity index is 2.13. The number of aryl methyl sites for hydroxylation is 1. The van der Waals surface area contributed by atoms with Gasteiger partial charge in [-0.3, -0.25) is 0 Å². The maximum Gasteiger partial charge on any atom is 0.203 e. The minimum Gasteiger partial charge on any atom is -0.352 e. The van der Waals surface area contributed by atoms with Crippen molar-refractivity contribution in [3.63, 3.8) is 0 Å². The van der Waals surface area contributed by atoms with Crippen LogP contribution < -0.4 is 5.32 Å². The number of aromatic nitrogens is 2. The van der Waals surface area contributed by atoms with Gasteiger partial charge in [-0.1, -0.05) is 6.08 Å². The molecule has 1 aliphatic rings. The Bertz CT molecular complexity index is 353. The highest BCUT2D eigenvalue weighted by Crippen LogP contribution is 2.29. The Morgan fingerprint density at radius 3 is 3.31 bits per heavy atom. The van der Waals surface area contributed by atoms with Crippen LogP contribution in [0, 0.1) is 6.92 Å². The Morgan fingerprint density at radius 2 is 2.62 bits per heavy atom. The van der Waals surface area contributed by atoms with Crippen molar-refractivity contribution in [2.24, 2.45) is 0 Å². The second-order valence-corrected chi connectivity index (χ2v) is 5.30. The molecule has 0 amide bonds. The van der Waals surface area contributed by atoms with E-state index in [0.717, 1.165) is 18.2 Å². The lowest BCUT2D eigenvalue weighted by Gasteiger charge is -2.24. The topological polar surface area (TPSA) is 29.9 Å². The lowest BCUT2D eigenvalue weighted by molar-refractivity contribution is 0.504. The molecule has 1 unspecified atom stereocenters. The molecule has 0 aromatic carbocycles. The van der Waals surface area contributed by atoms with Gasteiger partial charge in [0.05, 0.1) is 5.69 Å². The van der Waals surface area contributed by atoms with Gasteiger partial charge in [-0.25, -0.2) is 4.98 Å². The van der Waals surface area contributed by atoms with Crippen molar-refractivity contribution in [1.29, 1.82) is 0 Å². The maximum absolute atomic E-state index is 4.52. The van der Waals surface area contributed by atoms with Gasteiger partial charge >= 0.3 is 0 Å². The summed E-state index contributed by atoms with van der Waals surface area (Å²) >= 11 is 2.04. The van der Waals surface area contributed by atoms with Crippen LogP contribution in [-0.4, -0.2) is 27.6 Å². The molecule has 88 valence electrons. The summed E-state index contributed by atoms with van der Waals surface area (Å²) in [5, 5.41) is 3.31. The number of thioether (sulfide) groups is 1. The molecule has 0 radical (unpaired) electrons. The monoisotopic (exact) mass is 237 g/mol. The fourth-order valence-electron chi connectivity index (χ4n) is 2.03. The molecule has 1 saturated heterocycles. The number of anilines is 1. The van der Waals surface area contributed by atoms with E-state index in [9.17, 15) is 0 Å². The number of rotatable bonds is 4. The standard InChI is InChI=1S/C12H19N3S/c1-3-6-13-12-14-10(2)8-15(12)11-5-4-7-16-9-11/h3,8,11H,1,4-7,9H2,2H3,(H,13,14). The van der Waals surface area contributed by atoms with Crippen molar-refractivity contribution in [1.82, 2.24) is 9.55 Å². The molecule has 0 aliphatic carbocycles. The van der Waals surface area contributed by atoms with Crippen LogP contribution in [0.5, 0.6) is 0 Å². The number of nitrogens with zero attached hydrogens (tertiary/aromatic N) is 2. The van der Waals surface area contributed by atoms with Crippen molar-refractivity contribution < 1.29 is 0 Å². The molecule has 4 heteroatoms. The lowest BCUT2D eigenvalue weighted by Crippen LogP contribution is -2.18. The molecule has 0 saturated carbocycles. The first-order valence-electron chi connectivity index (χ1n) is 5.79. The van der Waals surface area contributed by atoms with Gasteiger partial charge < -0.3 is 9.88 Å². The first-order valence-corrected chi connectivity index (χ1v) is 6.94. The highest BCUT2D eigenvalue weighted by Gasteiger charge is 2.18. The molecule has 1 atom stereocenters. The maximum atomic E-state index is 4.52. The van der Waals surface area contributed by atoms with Crippen LogP contribution in [0.4, 0.5) is 5.95 Å². The average molecular weight is 237 g/mol. The minimum atomic E-state index is 0.604. The second kappa shape index (κ2) is 5.43. The summed E-state index contributed by atoms with van der Waals surface area (Å²) < 4.78 is 2.30. The Labute approximate surface area is 101 Å². The molecule has 0 spiro atoms. The van der Waals surface area contributed by atoms with Gasteiger partial charge in [-0.05, 0) is 25.5 Å². The minimum absolute atomic E-state index is 0.604. The number of hydrogen-bond donors (Lipinski definition) is 1. The van der Waals surface area contributed by atoms with Crippen molar-refractivity contribution in [3.05, 3.63) is 24.5 Å². The zero-order chi connectivity index (χ0) is 11.4. The molecule has 3 nitrogen and oxygen atoms in total. The highest BCUT2D eigenvalue weighted by molar-refractivity contribution is 7.99. The fraction of sp³-hybridized carbons (Fsp3) is 0.583. The van der Waals surface area contributed by atoms with Crippen LogP contribution in [0.1, 0.15) is 24.6 Å². The molecule has 1 aromatic rings. The van der Waals surface area contributed by atoms with Crippen molar-refractivity contribution in [2.45, 2.75) is 25.8 Å². The molecule has 2 rings (SSSR count). The molecular formula is C12H19N3S. The van der Waals surface area contributed by atoms with Crippen LogP contribution in [0.2, 0.25) is 0 Å².